The molecule has 2 fully saturated rings. The van der Waals surface area contributed by atoms with Crippen LogP contribution in [0.25, 0.3) is 0 Å². The zero-order valence-electron chi connectivity index (χ0n) is 14.9. The summed E-state index contributed by atoms with van der Waals surface area (Å²) in [5.41, 5.74) is 0.370. The number of rotatable bonds is 5. The van der Waals surface area contributed by atoms with Gasteiger partial charge in [0.1, 0.15) is 11.8 Å². The molecular weight excluding hydrogens is 318 g/mol. The van der Waals surface area contributed by atoms with E-state index in [4.69, 9.17) is 4.74 Å². The fraction of sp³-hybridized carbons (Fsp3) is 0.632. The topological polar surface area (TPSA) is 71.5 Å². The molecule has 1 spiro atoms. The first kappa shape index (κ1) is 17.9. The smallest absolute Gasteiger partial charge is 0.245 e. The van der Waals surface area contributed by atoms with Crippen LogP contribution in [0, 0.1) is 0 Å². The minimum atomic E-state index is -0.569. The number of pyridine rings is 1. The van der Waals surface area contributed by atoms with Gasteiger partial charge in [-0.3, -0.25) is 19.5 Å². The monoisotopic (exact) mass is 345 g/mol. The first-order valence-electron chi connectivity index (χ1n) is 9.29. The SMILES string of the molecule is CCCC(=O)N1C(C(=O)NCc2cccnc2)COC12CCCCC2. The van der Waals surface area contributed by atoms with E-state index in [2.05, 4.69) is 10.3 Å². The number of nitrogens with one attached hydrogen (secondary N) is 1. The highest BCUT2D eigenvalue weighted by atomic mass is 16.5. The molecule has 1 aliphatic carbocycles. The molecule has 6 heteroatoms. The number of aromatic nitrogens is 1. The molecule has 0 aromatic carbocycles. The molecule has 1 saturated carbocycles. The van der Waals surface area contributed by atoms with Crippen molar-refractivity contribution in [1.82, 2.24) is 15.2 Å². The Morgan fingerprint density at radius 1 is 1.36 bits per heavy atom. The highest BCUT2D eigenvalue weighted by molar-refractivity contribution is 5.88. The van der Waals surface area contributed by atoms with E-state index in [0.29, 0.717) is 13.0 Å². The third-order valence-corrected chi connectivity index (χ3v) is 5.12. The summed E-state index contributed by atoms with van der Waals surface area (Å²) in [6, 6.07) is 3.23. The minimum absolute atomic E-state index is 0.0310. The molecule has 2 heterocycles. The van der Waals surface area contributed by atoms with Gasteiger partial charge in [0.15, 0.2) is 0 Å². The van der Waals surface area contributed by atoms with Crippen molar-refractivity contribution < 1.29 is 14.3 Å². The fourth-order valence-electron chi connectivity index (χ4n) is 3.89. The van der Waals surface area contributed by atoms with E-state index in [1.807, 2.05) is 19.1 Å². The van der Waals surface area contributed by atoms with Crippen LogP contribution in [0.2, 0.25) is 0 Å². The van der Waals surface area contributed by atoms with Crippen molar-refractivity contribution in [2.45, 2.75) is 70.2 Å². The van der Waals surface area contributed by atoms with Crippen LogP contribution in [-0.2, 0) is 20.9 Å². The summed E-state index contributed by atoms with van der Waals surface area (Å²) in [7, 11) is 0. The van der Waals surface area contributed by atoms with Crippen LogP contribution < -0.4 is 5.32 Å². The second-order valence-electron chi connectivity index (χ2n) is 6.93. The summed E-state index contributed by atoms with van der Waals surface area (Å²) in [4.78, 5) is 31.3. The summed E-state index contributed by atoms with van der Waals surface area (Å²) < 4.78 is 6.08. The number of nitrogens with zero attached hydrogens (tertiary/aromatic N) is 2. The molecule has 2 aliphatic rings. The maximum absolute atomic E-state index is 12.8. The minimum Gasteiger partial charge on any atom is -0.353 e. The second kappa shape index (κ2) is 7.95. The molecule has 3 rings (SSSR count). The van der Waals surface area contributed by atoms with Crippen molar-refractivity contribution >= 4 is 11.8 Å². The predicted octanol–water partition coefficient (Wildman–Crippen LogP) is 2.39. The third kappa shape index (κ3) is 3.84. The first-order chi connectivity index (χ1) is 12.2. The number of carbonyl (C=O) groups excluding carboxylic acids is 2. The van der Waals surface area contributed by atoms with E-state index in [0.717, 1.165) is 37.7 Å². The van der Waals surface area contributed by atoms with Crippen molar-refractivity contribution in [3.05, 3.63) is 30.1 Å². The molecule has 1 N–H and O–H groups in total. The highest BCUT2D eigenvalue weighted by Crippen LogP contribution is 2.41. The van der Waals surface area contributed by atoms with E-state index in [-0.39, 0.29) is 18.4 Å². The summed E-state index contributed by atoms with van der Waals surface area (Å²) in [5.74, 6) is -0.112. The number of hydrogen-bond donors (Lipinski definition) is 1. The van der Waals surface area contributed by atoms with Gasteiger partial charge in [-0.1, -0.05) is 19.4 Å². The lowest BCUT2D eigenvalue weighted by Crippen LogP contribution is -2.56. The molecule has 1 atom stereocenters. The van der Waals surface area contributed by atoms with Gasteiger partial charge < -0.3 is 10.1 Å². The van der Waals surface area contributed by atoms with Gasteiger partial charge in [0.05, 0.1) is 6.61 Å². The Kier molecular flexibility index (Phi) is 5.68. The predicted molar refractivity (Wildman–Crippen MR) is 93.4 cm³/mol. The summed E-state index contributed by atoms with van der Waals surface area (Å²) in [5, 5.41) is 2.94. The van der Waals surface area contributed by atoms with Gasteiger partial charge in [0.25, 0.3) is 0 Å². The molecule has 1 saturated heterocycles. The Balaban J connectivity index is 1.72. The second-order valence-corrected chi connectivity index (χ2v) is 6.93. The normalized spacial score (nSPS) is 22.1. The van der Waals surface area contributed by atoms with Crippen molar-refractivity contribution in [3.63, 3.8) is 0 Å². The van der Waals surface area contributed by atoms with Gasteiger partial charge in [-0.25, -0.2) is 0 Å². The van der Waals surface area contributed by atoms with Gasteiger partial charge in [0, 0.05) is 25.4 Å². The van der Waals surface area contributed by atoms with Gasteiger partial charge in [-0.15, -0.1) is 0 Å². The zero-order chi connectivity index (χ0) is 17.7. The van der Waals surface area contributed by atoms with Crippen LogP contribution in [0.4, 0.5) is 0 Å². The molecule has 1 aromatic rings. The Morgan fingerprint density at radius 3 is 2.84 bits per heavy atom. The Hall–Kier alpha value is -1.95. The van der Waals surface area contributed by atoms with Gasteiger partial charge >= 0.3 is 0 Å². The van der Waals surface area contributed by atoms with Crippen molar-refractivity contribution in [3.8, 4) is 0 Å². The molecule has 25 heavy (non-hydrogen) atoms. The molecule has 136 valence electrons. The fourth-order valence-corrected chi connectivity index (χ4v) is 3.89. The average molecular weight is 345 g/mol. The van der Waals surface area contributed by atoms with E-state index in [9.17, 15) is 9.59 Å². The summed E-state index contributed by atoms with van der Waals surface area (Å²) >= 11 is 0. The number of carbonyl (C=O) groups is 2. The maximum Gasteiger partial charge on any atom is 0.245 e. The van der Waals surface area contributed by atoms with Crippen LogP contribution in [0.1, 0.15) is 57.4 Å². The lowest BCUT2D eigenvalue weighted by atomic mass is 9.90. The lowest BCUT2D eigenvalue weighted by molar-refractivity contribution is -0.160. The molecule has 1 unspecified atom stereocenters. The molecular formula is C19H27N3O3. The van der Waals surface area contributed by atoms with Crippen molar-refractivity contribution in [2.24, 2.45) is 0 Å². The molecule has 6 nitrogen and oxygen atoms in total. The molecule has 2 amide bonds. The van der Waals surface area contributed by atoms with E-state index >= 15 is 0 Å². The van der Waals surface area contributed by atoms with E-state index < -0.39 is 11.8 Å². The number of ether oxygens (including phenoxy) is 1. The van der Waals surface area contributed by atoms with Crippen LogP contribution in [-0.4, -0.2) is 40.1 Å². The largest absolute Gasteiger partial charge is 0.353 e. The van der Waals surface area contributed by atoms with E-state index in [1.165, 1.54) is 6.42 Å². The lowest BCUT2D eigenvalue weighted by Gasteiger charge is -2.41. The van der Waals surface area contributed by atoms with Gasteiger partial charge in [-0.05, 0) is 43.7 Å². The molecule has 1 aliphatic heterocycles. The van der Waals surface area contributed by atoms with Gasteiger partial charge in [0.2, 0.25) is 11.8 Å². The average Bonchev–Trinajstić information content (AvgIpc) is 3.00. The van der Waals surface area contributed by atoms with Crippen molar-refractivity contribution in [2.75, 3.05) is 6.61 Å². The molecule has 1 aromatic heterocycles. The Morgan fingerprint density at radius 2 is 2.16 bits per heavy atom. The summed E-state index contributed by atoms with van der Waals surface area (Å²) in [6.45, 7) is 2.68. The summed E-state index contributed by atoms with van der Waals surface area (Å²) in [6.07, 6.45) is 9.57. The zero-order valence-corrected chi connectivity index (χ0v) is 14.9. The Labute approximate surface area is 148 Å². The maximum atomic E-state index is 12.8. The number of amides is 2. The quantitative estimate of drug-likeness (QED) is 0.889. The number of hydrogen-bond acceptors (Lipinski definition) is 4. The van der Waals surface area contributed by atoms with Crippen LogP contribution in [0.5, 0.6) is 0 Å². The molecule has 0 radical (unpaired) electrons. The molecule has 0 bridgehead atoms. The standard InChI is InChI=1S/C19H27N3O3/c1-2-7-17(23)22-16(14-25-19(22)9-4-3-5-10-19)18(24)21-13-15-8-6-11-20-12-15/h6,8,11-12,16H,2-5,7,9-10,13-14H2,1H3,(H,21,24). The van der Waals surface area contributed by atoms with Gasteiger partial charge in [-0.2, -0.15) is 0 Å². The van der Waals surface area contributed by atoms with E-state index in [1.54, 1.807) is 17.3 Å². The first-order valence-corrected chi connectivity index (χ1v) is 9.29. The van der Waals surface area contributed by atoms with Crippen LogP contribution in [0.3, 0.4) is 0 Å². The van der Waals surface area contributed by atoms with Crippen LogP contribution >= 0.6 is 0 Å². The van der Waals surface area contributed by atoms with Crippen LogP contribution in [0.15, 0.2) is 24.5 Å². The third-order valence-electron chi connectivity index (χ3n) is 5.12. The highest BCUT2D eigenvalue weighted by Gasteiger charge is 2.52. The Bertz CT molecular complexity index is 599. The van der Waals surface area contributed by atoms with Crippen molar-refractivity contribution in [1.29, 1.82) is 0 Å².